The third kappa shape index (κ3) is 69.0. The quantitative estimate of drug-likeness (QED) is 0.0445. The Kier molecular flexibility index (Phi) is 72.0. The van der Waals surface area contributed by atoms with Crippen molar-refractivity contribution in [2.24, 2.45) is 0 Å². The van der Waals surface area contributed by atoms with Crippen molar-refractivity contribution >= 4 is 42.6 Å². The number of thioether (sulfide) groups is 3. The lowest BCUT2D eigenvalue weighted by atomic mass is 10.0. The molecule has 0 atom stereocenters. The van der Waals surface area contributed by atoms with Gasteiger partial charge in [0.2, 0.25) is 0 Å². The smallest absolute Gasteiger partial charge is 0.386 e. The fourth-order valence-corrected chi connectivity index (χ4v) is 13.2. The molecule has 0 heterocycles. The number of unbranched alkanes of at least 4 members (excludes halogenated alkanes) is 48. The Bertz CT molecular complexity index is 818. The van der Waals surface area contributed by atoms with Gasteiger partial charge in [0.1, 0.15) is 0 Å². The van der Waals surface area contributed by atoms with Gasteiger partial charge in [-0.3, -0.25) is 0 Å². The highest BCUT2D eigenvalue weighted by Gasteiger charge is 2.21. The molecule has 0 radical (unpaired) electrons. The van der Waals surface area contributed by atoms with Gasteiger partial charge in [-0.25, -0.2) is 0 Å². The van der Waals surface area contributed by atoms with Gasteiger partial charge >= 0.3 is 7.32 Å². The molecule has 0 saturated heterocycles. The van der Waals surface area contributed by atoms with Gasteiger partial charge in [0.25, 0.3) is 0 Å². The van der Waals surface area contributed by atoms with Gasteiger partial charge in [-0.05, 0) is 92.3 Å². The Balaban J connectivity index is 3.98. The van der Waals surface area contributed by atoms with E-state index in [9.17, 15) is 0 Å². The molecule has 0 aliphatic carbocycles. The molecule has 0 bridgehead atoms. The van der Waals surface area contributed by atoms with E-state index in [1.807, 2.05) is 0 Å². The molecule has 0 fully saturated rings. The maximum absolute atomic E-state index is 6.21. The first-order chi connectivity index (χ1) is 36.3. The molecule has 0 aromatic heterocycles. The highest BCUT2D eigenvalue weighted by Crippen LogP contribution is 2.19. The van der Waals surface area contributed by atoms with Crippen LogP contribution in [0, 0.1) is 0 Å². The molecular weight excluding hydrogens is 948 g/mol. The van der Waals surface area contributed by atoms with E-state index in [1.54, 1.807) is 0 Å². The lowest BCUT2D eigenvalue weighted by molar-refractivity contribution is 0.0900. The number of hydrogen-bond donors (Lipinski definition) is 0. The topological polar surface area (TPSA) is 27.7 Å². The van der Waals surface area contributed by atoms with Crippen molar-refractivity contribution in [2.75, 3.05) is 54.3 Å². The van der Waals surface area contributed by atoms with E-state index in [0.29, 0.717) is 0 Å². The lowest BCUT2D eigenvalue weighted by Crippen LogP contribution is -2.29. The molecule has 0 aliphatic rings. The summed E-state index contributed by atoms with van der Waals surface area (Å²) in [5.74, 6) is 7.73. The van der Waals surface area contributed by atoms with Crippen molar-refractivity contribution in [2.45, 2.75) is 367 Å². The average Bonchev–Trinajstić information content (AvgIpc) is 3.40. The van der Waals surface area contributed by atoms with E-state index in [0.717, 1.165) is 39.1 Å². The van der Waals surface area contributed by atoms with Gasteiger partial charge in [0.05, 0.1) is 0 Å². The highest BCUT2D eigenvalue weighted by molar-refractivity contribution is 7.99. The molecule has 0 rings (SSSR count). The molecule has 0 aromatic rings. The van der Waals surface area contributed by atoms with Crippen molar-refractivity contribution < 1.29 is 14.0 Å². The van der Waals surface area contributed by atoms with Crippen LogP contribution in [0.2, 0.25) is 0 Å². The van der Waals surface area contributed by atoms with E-state index < -0.39 is 7.32 Å². The Morgan fingerprint density at radius 2 is 0.315 bits per heavy atom. The van der Waals surface area contributed by atoms with Crippen molar-refractivity contribution in [3.8, 4) is 0 Å². The fourth-order valence-electron chi connectivity index (χ4n) is 10.2. The first-order valence-corrected chi connectivity index (χ1v) is 37.4. The van der Waals surface area contributed by atoms with Crippen LogP contribution in [-0.4, -0.2) is 61.7 Å². The zero-order valence-corrected chi connectivity index (χ0v) is 53.0. The summed E-state index contributed by atoms with van der Waals surface area (Å²) in [6.45, 7) is 9.17. The predicted octanol–water partition coefficient (Wildman–Crippen LogP) is 24.3. The summed E-state index contributed by atoms with van der Waals surface area (Å²) in [7, 11) is -0.492. The lowest BCUT2D eigenvalue weighted by Gasteiger charge is -2.15. The molecule has 3 nitrogen and oxygen atoms in total. The van der Waals surface area contributed by atoms with E-state index in [-0.39, 0.29) is 0 Å². The molecule has 0 aromatic carbocycles. The van der Waals surface area contributed by atoms with Gasteiger partial charge in [0, 0.05) is 19.8 Å². The van der Waals surface area contributed by atoms with Crippen LogP contribution in [0.5, 0.6) is 0 Å². The average molecular weight is 1080 g/mol. The fraction of sp³-hybridized carbons (Fsp3) is 1.00. The van der Waals surface area contributed by atoms with Crippen molar-refractivity contribution in [1.29, 1.82) is 0 Å². The van der Waals surface area contributed by atoms with Gasteiger partial charge in [-0.15, -0.1) is 0 Å². The maximum atomic E-state index is 6.21. The minimum atomic E-state index is -0.492. The van der Waals surface area contributed by atoms with Crippen LogP contribution in [0.1, 0.15) is 367 Å². The van der Waals surface area contributed by atoms with Crippen LogP contribution >= 0.6 is 35.3 Å². The van der Waals surface area contributed by atoms with Crippen LogP contribution in [0.15, 0.2) is 0 Å². The largest absolute Gasteiger partial charge is 0.639 e. The summed E-state index contributed by atoms with van der Waals surface area (Å²) in [6, 6.07) is 0. The van der Waals surface area contributed by atoms with Crippen molar-refractivity contribution in [1.82, 2.24) is 0 Å². The first-order valence-electron chi connectivity index (χ1n) is 33.9. The zero-order valence-electron chi connectivity index (χ0n) is 50.6. The minimum absolute atomic E-state index is 0.492. The van der Waals surface area contributed by atoms with Crippen LogP contribution in [0.3, 0.4) is 0 Å². The van der Waals surface area contributed by atoms with Gasteiger partial charge < -0.3 is 14.0 Å². The second-order valence-electron chi connectivity index (χ2n) is 22.8. The second kappa shape index (κ2) is 71.0. The molecule has 0 unspecified atom stereocenters. The van der Waals surface area contributed by atoms with Crippen molar-refractivity contribution in [3.63, 3.8) is 0 Å². The molecule has 7 heteroatoms. The van der Waals surface area contributed by atoms with E-state index >= 15 is 0 Å². The summed E-state index contributed by atoms with van der Waals surface area (Å²) in [5.41, 5.74) is 0. The maximum Gasteiger partial charge on any atom is 0.639 e. The SMILES string of the molecule is CCCCCCCCCCCCCCCCCCSCCCCOB(OCCCCSCCCCCCCCCCCCCCCCCC)OCCCCSCCCCCCCCCCCCCCCCCC. The van der Waals surface area contributed by atoms with E-state index in [1.165, 1.54) is 362 Å². The summed E-state index contributed by atoms with van der Waals surface area (Å²) >= 11 is 6.45. The Morgan fingerprint density at radius 1 is 0.178 bits per heavy atom. The first kappa shape index (κ1) is 74.0. The van der Waals surface area contributed by atoms with Gasteiger partial charge in [0.15, 0.2) is 0 Å². The molecule has 0 amide bonds. The molecule has 0 saturated carbocycles. The van der Waals surface area contributed by atoms with Crippen LogP contribution in [0.25, 0.3) is 0 Å². The Morgan fingerprint density at radius 3 is 0.479 bits per heavy atom. The normalized spacial score (nSPS) is 11.7. The standard InChI is InChI=1S/C66H135BO3S3/c1-4-7-10-13-16-19-22-25-28-31-34-37-40-43-46-52-61-71-64-55-49-58-68-67(69-59-50-56-65-72-62-53-47-44-41-38-35-32-29-26-23-20-17-14-11-8-5-2)70-60-51-57-66-73-63-54-48-45-42-39-36-33-30-27-24-21-18-15-12-9-6-3/h4-66H2,1-3H3. The van der Waals surface area contributed by atoms with Crippen LogP contribution < -0.4 is 0 Å². The van der Waals surface area contributed by atoms with Crippen molar-refractivity contribution in [3.05, 3.63) is 0 Å². The predicted molar refractivity (Wildman–Crippen MR) is 342 cm³/mol. The summed E-state index contributed by atoms with van der Waals surface area (Å²) in [6.07, 6.45) is 76.4. The Labute approximate surface area is 475 Å². The molecular formula is C66H135BO3S3. The zero-order chi connectivity index (χ0) is 52.4. The third-order valence-corrected chi connectivity index (χ3v) is 18.7. The summed E-state index contributed by atoms with van der Waals surface area (Å²) < 4.78 is 18.6. The van der Waals surface area contributed by atoms with Crippen LogP contribution in [-0.2, 0) is 14.0 Å². The number of hydrogen-bond acceptors (Lipinski definition) is 6. The molecule has 0 N–H and O–H groups in total. The van der Waals surface area contributed by atoms with Gasteiger partial charge in [-0.2, -0.15) is 35.3 Å². The highest BCUT2D eigenvalue weighted by atomic mass is 32.2. The minimum Gasteiger partial charge on any atom is -0.386 e. The molecule has 73 heavy (non-hydrogen) atoms. The van der Waals surface area contributed by atoms with E-state index in [2.05, 4.69) is 56.1 Å². The second-order valence-corrected chi connectivity index (χ2v) is 26.4. The van der Waals surface area contributed by atoms with E-state index in [4.69, 9.17) is 14.0 Å². The molecule has 0 spiro atoms. The molecule has 0 aliphatic heterocycles. The monoisotopic (exact) mass is 1080 g/mol. The summed E-state index contributed by atoms with van der Waals surface area (Å²) in [4.78, 5) is 0. The summed E-state index contributed by atoms with van der Waals surface area (Å²) in [5, 5.41) is 0. The Hall–Kier alpha value is 0.995. The molecule has 438 valence electrons. The third-order valence-electron chi connectivity index (χ3n) is 15.2. The van der Waals surface area contributed by atoms with Crippen LogP contribution in [0.4, 0.5) is 0 Å². The van der Waals surface area contributed by atoms with Gasteiger partial charge in [-0.1, -0.05) is 310 Å². The number of rotatable bonds is 69.